The topological polar surface area (TPSA) is 110 Å². The first-order valence-corrected chi connectivity index (χ1v) is 7.63. The van der Waals surface area contributed by atoms with Crippen LogP contribution in [0.1, 0.15) is 25.3 Å². The van der Waals surface area contributed by atoms with E-state index in [0.29, 0.717) is 17.2 Å². The molecular weight excluding hydrogens is 300 g/mol. The van der Waals surface area contributed by atoms with Crippen molar-refractivity contribution in [2.45, 2.75) is 19.8 Å². The van der Waals surface area contributed by atoms with Gasteiger partial charge in [-0.3, -0.25) is 0 Å². The highest BCUT2D eigenvalue weighted by Crippen LogP contribution is 2.28. The first-order chi connectivity index (χ1) is 11.6. The lowest BCUT2D eigenvalue weighted by atomic mass is 9.99. The van der Waals surface area contributed by atoms with Crippen LogP contribution in [0.3, 0.4) is 0 Å². The Hall–Kier alpha value is -3.48. The summed E-state index contributed by atoms with van der Waals surface area (Å²) in [7, 11) is 0. The molecule has 1 aliphatic rings. The monoisotopic (exact) mass is 316 g/mol. The second kappa shape index (κ2) is 7.68. The van der Waals surface area contributed by atoms with Crippen LogP contribution in [0, 0.1) is 51.2 Å². The summed E-state index contributed by atoms with van der Waals surface area (Å²) in [5, 5.41) is 39.0. The van der Waals surface area contributed by atoms with E-state index in [1.807, 2.05) is 6.07 Å². The van der Waals surface area contributed by atoms with Gasteiger partial charge in [-0.15, -0.1) is 0 Å². The zero-order valence-corrected chi connectivity index (χ0v) is 13.4. The van der Waals surface area contributed by atoms with E-state index in [0.717, 1.165) is 25.2 Å². The van der Waals surface area contributed by atoms with Gasteiger partial charge in [-0.1, -0.05) is 6.92 Å². The predicted octanol–water partition coefficient (Wildman–Crippen LogP) is 3.03. The first kappa shape index (κ1) is 16.9. The minimum atomic E-state index is -0.287. The molecule has 0 saturated carbocycles. The number of benzene rings is 1. The first-order valence-electron chi connectivity index (χ1n) is 7.63. The lowest BCUT2D eigenvalue weighted by Gasteiger charge is -2.33. The van der Waals surface area contributed by atoms with Crippen molar-refractivity contribution in [3.05, 3.63) is 35.0 Å². The van der Waals surface area contributed by atoms with E-state index in [4.69, 9.17) is 15.8 Å². The van der Waals surface area contributed by atoms with Gasteiger partial charge in [-0.25, -0.2) is 0 Å². The van der Waals surface area contributed by atoms with Gasteiger partial charge in [0, 0.05) is 18.8 Å². The number of nitriles is 4. The molecule has 1 unspecified atom stereocenters. The SMILES string of the molecule is CC1CCCN(c2ccc(NC(C#N)=C(C#N)C#N)cc2C#N)C1. The van der Waals surface area contributed by atoms with E-state index in [9.17, 15) is 5.26 Å². The average molecular weight is 316 g/mol. The van der Waals surface area contributed by atoms with Crippen molar-refractivity contribution in [3.8, 4) is 24.3 Å². The van der Waals surface area contributed by atoms with Crippen LogP contribution in [0.4, 0.5) is 11.4 Å². The number of allylic oxidation sites excluding steroid dienone is 2. The van der Waals surface area contributed by atoms with Crippen LogP contribution in [0.5, 0.6) is 0 Å². The summed E-state index contributed by atoms with van der Waals surface area (Å²) in [4.78, 5) is 2.20. The summed E-state index contributed by atoms with van der Waals surface area (Å²) in [6.45, 7) is 4.03. The fourth-order valence-electron chi connectivity index (χ4n) is 2.81. The van der Waals surface area contributed by atoms with Crippen LogP contribution in [-0.4, -0.2) is 13.1 Å². The Kier molecular flexibility index (Phi) is 5.40. The number of piperidine rings is 1. The van der Waals surface area contributed by atoms with Gasteiger partial charge in [0.2, 0.25) is 0 Å². The number of hydrogen-bond donors (Lipinski definition) is 1. The van der Waals surface area contributed by atoms with Gasteiger partial charge in [-0.2, -0.15) is 21.0 Å². The van der Waals surface area contributed by atoms with Crippen molar-refractivity contribution in [1.82, 2.24) is 0 Å². The van der Waals surface area contributed by atoms with Crippen molar-refractivity contribution in [3.63, 3.8) is 0 Å². The lowest BCUT2D eigenvalue weighted by Crippen LogP contribution is -2.34. The van der Waals surface area contributed by atoms with Crippen LogP contribution in [0.2, 0.25) is 0 Å². The van der Waals surface area contributed by atoms with Crippen molar-refractivity contribution in [2.75, 3.05) is 23.3 Å². The molecular formula is C18H16N6. The van der Waals surface area contributed by atoms with Gasteiger partial charge in [-0.05, 0) is 37.0 Å². The van der Waals surface area contributed by atoms with Crippen LogP contribution in [0.15, 0.2) is 29.5 Å². The summed E-state index contributed by atoms with van der Waals surface area (Å²) >= 11 is 0. The van der Waals surface area contributed by atoms with Gasteiger partial charge in [0.1, 0.15) is 30.0 Å². The highest BCUT2D eigenvalue weighted by atomic mass is 15.1. The fraction of sp³-hybridized carbons (Fsp3) is 0.333. The summed E-state index contributed by atoms with van der Waals surface area (Å²) in [6.07, 6.45) is 2.29. The second-order valence-electron chi connectivity index (χ2n) is 5.75. The predicted molar refractivity (Wildman–Crippen MR) is 89.3 cm³/mol. The van der Waals surface area contributed by atoms with Gasteiger partial charge in [0.05, 0.1) is 11.3 Å². The smallest absolute Gasteiger partial charge is 0.163 e. The Morgan fingerprint density at radius 1 is 1.17 bits per heavy atom. The molecule has 1 N–H and O–H groups in total. The highest BCUT2D eigenvalue weighted by Gasteiger charge is 2.19. The van der Waals surface area contributed by atoms with E-state index >= 15 is 0 Å². The molecule has 6 heteroatoms. The zero-order valence-electron chi connectivity index (χ0n) is 13.4. The van der Waals surface area contributed by atoms with E-state index < -0.39 is 0 Å². The lowest BCUT2D eigenvalue weighted by molar-refractivity contribution is 0.446. The molecule has 1 saturated heterocycles. The minimum absolute atomic E-state index is 0.122. The number of hydrogen-bond acceptors (Lipinski definition) is 6. The maximum atomic E-state index is 9.45. The fourth-order valence-corrected chi connectivity index (χ4v) is 2.81. The number of nitrogens with one attached hydrogen (secondary N) is 1. The van der Waals surface area contributed by atoms with Gasteiger partial charge < -0.3 is 10.2 Å². The summed E-state index contributed by atoms with van der Waals surface area (Å²) in [5.41, 5.74) is 1.47. The maximum Gasteiger partial charge on any atom is 0.163 e. The summed E-state index contributed by atoms with van der Waals surface area (Å²) < 4.78 is 0. The molecule has 1 fully saturated rings. The second-order valence-corrected chi connectivity index (χ2v) is 5.75. The van der Waals surface area contributed by atoms with Gasteiger partial charge in [0.25, 0.3) is 0 Å². The third kappa shape index (κ3) is 3.64. The number of rotatable bonds is 3. The summed E-state index contributed by atoms with van der Waals surface area (Å²) in [6, 6.07) is 12.6. The Labute approximate surface area is 141 Å². The van der Waals surface area contributed by atoms with Gasteiger partial charge in [0.15, 0.2) is 5.57 Å². The highest BCUT2D eigenvalue weighted by molar-refractivity contribution is 5.68. The zero-order chi connectivity index (χ0) is 17.5. The maximum absolute atomic E-state index is 9.45. The van der Waals surface area contributed by atoms with Crippen LogP contribution >= 0.6 is 0 Å². The molecule has 118 valence electrons. The van der Waals surface area contributed by atoms with E-state index in [1.165, 1.54) is 6.42 Å². The minimum Gasteiger partial charge on any atom is -0.370 e. The molecule has 24 heavy (non-hydrogen) atoms. The molecule has 1 aromatic carbocycles. The van der Waals surface area contributed by atoms with Crippen molar-refractivity contribution in [1.29, 1.82) is 21.0 Å². The molecule has 0 radical (unpaired) electrons. The van der Waals surface area contributed by atoms with Crippen LogP contribution in [0.25, 0.3) is 0 Å². The summed E-state index contributed by atoms with van der Waals surface area (Å²) in [5.74, 6) is 0.588. The Bertz CT molecular complexity index is 809. The quantitative estimate of drug-likeness (QED) is 0.858. The molecule has 2 rings (SSSR count). The van der Waals surface area contributed by atoms with E-state index in [2.05, 4.69) is 23.2 Å². The standard InChI is InChI=1S/C18H16N6/c1-13-3-2-6-24(12-13)18-5-4-16(7-14(18)8-19)23-17(11-22)15(9-20)10-21/h4-5,7,13,23H,2-3,6,12H2,1H3. The number of anilines is 2. The molecule has 6 nitrogen and oxygen atoms in total. The molecule has 0 aliphatic carbocycles. The molecule has 0 amide bonds. The molecule has 1 atom stereocenters. The van der Waals surface area contributed by atoms with Crippen LogP contribution in [-0.2, 0) is 0 Å². The van der Waals surface area contributed by atoms with Crippen molar-refractivity contribution in [2.24, 2.45) is 5.92 Å². The number of nitrogens with zero attached hydrogens (tertiary/aromatic N) is 5. The Morgan fingerprint density at radius 2 is 1.92 bits per heavy atom. The van der Waals surface area contributed by atoms with Crippen LogP contribution < -0.4 is 10.2 Å². The molecule has 0 aromatic heterocycles. The molecule has 0 bridgehead atoms. The largest absolute Gasteiger partial charge is 0.370 e. The van der Waals surface area contributed by atoms with Crippen molar-refractivity contribution >= 4 is 11.4 Å². The van der Waals surface area contributed by atoms with Crippen molar-refractivity contribution < 1.29 is 0 Å². The molecule has 1 aromatic rings. The van der Waals surface area contributed by atoms with E-state index in [-0.39, 0.29) is 11.3 Å². The molecule has 1 heterocycles. The third-order valence-corrected chi connectivity index (χ3v) is 3.97. The third-order valence-electron chi connectivity index (χ3n) is 3.97. The Balaban J connectivity index is 2.32. The van der Waals surface area contributed by atoms with E-state index in [1.54, 1.807) is 30.3 Å². The Morgan fingerprint density at radius 3 is 2.50 bits per heavy atom. The molecule has 1 aliphatic heterocycles. The normalized spacial score (nSPS) is 16.0. The van der Waals surface area contributed by atoms with Gasteiger partial charge >= 0.3 is 0 Å². The average Bonchev–Trinajstić information content (AvgIpc) is 2.61. The molecule has 0 spiro atoms.